The van der Waals surface area contributed by atoms with Crippen LogP contribution in [0.1, 0.15) is 48.7 Å². The van der Waals surface area contributed by atoms with Crippen LogP contribution in [0.2, 0.25) is 0 Å². The lowest BCUT2D eigenvalue weighted by Gasteiger charge is -2.38. The summed E-state index contributed by atoms with van der Waals surface area (Å²) in [5.41, 5.74) is 2.00. The largest absolute Gasteiger partial charge is 0.573 e. The van der Waals surface area contributed by atoms with Crippen LogP contribution in [0.4, 0.5) is 24.1 Å². The second-order valence-electron chi connectivity index (χ2n) is 9.81. The summed E-state index contributed by atoms with van der Waals surface area (Å²) in [7, 11) is 0. The lowest BCUT2D eigenvalue weighted by molar-refractivity contribution is -0.274. The van der Waals surface area contributed by atoms with Gasteiger partial charge >= 0.3 is 6.36 Å². The number of benzene rings is 1. The van der Waals surface area contributed by atoms with Crippen LogP contribution in [0.25, 0.3) is 0 Å². The number of aryl methyl sites for hydroxylation is 2. The van der Waals surface area contributed by atoms with Crippen LogP contribution in [0.3, 0.4) is 0 Å². The molecule has 6 rings (SSSR count). The van der Waals surface area contributed by atoms with E-state index < -0.39 is 6.36 Å². The van der Waals surface area contributed by atoms with Crippen molar-refractivity contribution in [1.29, 1.82) is 0 Å². The SMILES string of the molecule is Cc1cc(N2CC3CCC(C2)C3Nc2nc3n(n2)CCCC3c2ccc(OC(F)(F)F)cc2)sn1. The minimum Gasteiger partial charge on any atom is -0.406 e. The fourth-order valence-corrected chi connectivity index (χ4v) is 6.69. The first-order valence-electron chi connectivity index (χ1n) is 12.1. The van der Waals surface area contributed by atoms with Crippen LogP contribution >= 0.6 is 11.5 Å². The van der Waals surface area contributed by atoms with Gasteiger partial charge in [0, 0.05) is 31.6 Å². The highest BCUT2D eigenvalue weighted by Gasteiger charge is 2.43. The van der Waals surface area contributed by atoms with E-state index in [1.54, 1.807) is 23.7 Å². The van der Waals surface area contributed by atoms with Gasteiger partial charge in [-0.25, -0.2) is 4.68 Å². The predicted octanol–water partition coefficient (Wildman–Crippen LogP) is 5.19. The molecule has 7 nitrogen and oxygen atoms in total. The van der Waals surface area contributed by atoms with Gasteiger partial charge in [-0.1, -0.05) is 12.1 Å². The summed E-state index contributed by atoms with van der Waals surface area (Å²) in [6, 6.07) is 8.65. The molecule has 3 unspecified atom stereocenters. The van der Waals surface area contributed by atoms with E-state index in [1.165, 1.54) is 30.0 Å². The van der Waals surface area contributed by atoms with Gasteiger partial charge in [-0.2, -0.15) is 9.36 Å². The number of aromatic nitrogens is 4. The molecule has 2 aliphatic heterocycles. The zero-order valence-corrected chi connectivity index (χ0v) is 20.1. The molecular formula is C24H27F3N6OS. The molecule has 3 aliphatic rings. The smallest absolute Gasteiger partial charge is 0.406 e. The minimum atomic E-state index is -4.69. The lowest BCUT2D eigenvalue weighted by atomic mass is 9.91. The fourth-order valence-electron chi connectivity index (χ4n) is 5.92. The molecule has 2 bridgehead atoms. The van der Waals surface area contributed by atoms with E-state index in [2.05, 4.69) is 25.4 Å². The van der Waals surface area contributed by atoms with Crippen molar-refractivity contribution in [1.82, 2.24) is 19.1 Å². The molecule has 1 saturated heterocycles. The quantitative estimate of drug-likeness (QED) is 0.516. The van der Waals surface area contributed by atoms with Gasteiger partial charge in [-0.15, -0.1) is 18.3 Å². The Morgan fingerprint density at radius 3 is 2.49 bits per heavy atom. The highest BCUT2D eigenvalue weighted by Crippen LogP contribution is 2.41. The molecule has 186 valence electrons. The molecule has 0 radical (unpaired) electrons. The minimum absolute atomic E-state index is 0.000116. The van der Waals surface area contributed by atoms with Crippen LogP contribution in [-0.2, 0) is 6.54 Å². The average molecular weight is 505 g/mol. The first-order valence-corrected chi connectivity index (χ1v) is 12.8. The third kappa shape index (κ3) is 4.57. The summed E-state index contributed by atoms with van der Waals surface area (Å²) in [5.74, 6) is 2.39. The highest BCUT2D eigenvalue weighted by atomic mass is 32.1. The summed E-state index contributed by atoms with van der Waals surface area (Å²) >= 11 is 1.58. The third-order valence-electron chi connectivity index (χ3n) is 7.45. The summed E-state index contributed by atoms with van der Waals surface area (Å²) in [5, 5.41) is 9.67. The second-order valence-corrected chi connectivity index (χ2v) is 10.6. The van der Waals surface area contributed by atoms with Crippen molar-refractivity contribution in [3.63, 3.8) is 0 Å². The Labute approximate surface area is 205 Å². The first-order chi connectivity index (χ1) is 16.8. The topological polar surface area (TPSA) is 68.1 Å². The van der Waals surface area contributed by atoms with Crippen molar-refractivity contribution in [2.75, 3.05) is 23.3 Å². The number of hydrogen-bond acceptors (Lipinski definition) is 7. The van der Waals surface area contributed by atoms with Gasteiger partial charge in [0.2, 0.25) is 5.95 Å². The molecule has 4 heterocycles. The molecule has 1 aromatic carbocycles. The van der Waals surface area contributed by atoms with Crippen LogP contribution < -0.4 is 15.0 Å². The van der Waals surface area contributed by atoms with E-state index >= 15 is 0 Å². The number of piperidine rings is 1. The zero-order chi connectivity index (χ0) is 24.2. The molecule has 0 amide bonds. The molecule has 1 saturated carbocycles. The molecule has 11 heteroatoms. The highest BCUT2D eigenvalue weighted by molar-refractivity contribution is 7.10. The molecule has 2 aromatic heterocycles. The van der Waals surface area contributed by atoms with Gasteiger partial charge in [0.15, 0.2) is 0 Å². The van der Waals surface area contributed by atoms with Crippen molar-refractivity contribution in [3.05, 3.63) is 47.4 Å². The fraction of sp³-hybridized carbons (Fsp3) is 0.542. The standard InChI is InChI=1S/C24H27F3N6OS/c1-14-11-20(35-31-14)32-12-16-4-5-17(13-32)21(16)28-23-29-22-19(3-2-10-33(22)30-23)15-6-8-18(9-7-15)34-24(25,26)27/h6-9,11,16-17,19,21H,2-5,10,12-13H2,1H3,(H,28,30). The van der Waals surface area contributed by atoms with E-state index in [0.29, 0.717) is 23.8 Å². The Hall–Kier alpha value is -2.82. The van der Waals surface area contributed by atoms with Crippen molar-refractivity contribution < 1.29 is 17.9 Å². The van der Waals surface area contributed by atoms with Crippen LogP contribution in [0.5, 0.6) is 5.75 Å². The number of rotatable bonds is 5. The van der Waals surface area contributed by atoms with Gasteiger partial charge in [0.05, 0.1) is 5.69 Å². The molecule has 1 N–H and O–H groups in total. The number of ether oxygens (including phenoxy) is 1. The van der Waals surface area contributed by atoms with Gasteiger partial charge in [0.25, 0.3) is 0 Å². The molecule has 3 aromatic rings. The summed E-state index contributed by atoms with van der Waals surface area (Å²) < 4.78 is 47.9. The zero-order valence-electron chi connectivity index (χ0n) is 19.3. The molecular weight excluding hydrogens is 477 g/mol. The third-order valence-corrected chi connectivity index (χ3v) is 8.39. The first kappa shape index (κ1) is 22.6. The summed E-state index contributed by atoms with van der Waals surface area (Å²) in [4.78, 5) is 7.34. The van der Waals surface area contributed by atoms with Crippen LogP contribution in [0, 0.1) is 18.8 Å². The Balaban J connectivity index is 1.17. The van der Waals surface area contributed by atoms with Crippen LogP contribution in [-0.4, -0.2) is 44.6 Å². The Morgan fingerprint density at radius 2 is 1.83 bits per heavy atom. The Bertz CT molecular complexity index is 1180. The van der Waals surface area contributed by atoms with Crippen molar-refractivity contribution in [2.45, 2.75) is 57.5 Å². The van der Waals surface area contributed by atoms with E-state index in [0.717, 1.165) is 49.6 Å². The Kier molecular flexibility index (Phi) is 5.62. The molecule has 0 spiro atoms. The lowest BCUT2D eigenvalue weighted by Crippen LogP contribution is -2.48. The second kappa shape index (κ2) is 8.69. The maximum atomic E-state index is 12.5. The number of alkyl halides is 3. The summed E-state index contributed by atoms with van der Waals surface area (Å²) in [6.07, 6.45) is -0.477. The number of halogens is 3. The number of nitrogens with one attached hydrogen (secondary N) is 1. The number of fused-ring (bicyclic) bond motifs is 3. The van der Waals surface area contributed by atoms with Gasteiger partial charge < -0.3 is 15.0 Å². The maximum Gasteiger partial charge on any atom is 0.573 e. The Morgan fingerprint density at radius 1 is 1.09 bits per heavy atom. The normalized spacial score (nSPS) is 26.0. The van der Waals surface area contributed by atoms with Crippen LogP contribution in [0.15, 0.2) is 30.3 Å². The van der Waals surface area contributed by atoms with E-state index in [4.69, 9.17) is 10.1 Å². The summed E-state index contributed by atoms with van der Waals surface area (Å²) in [6.45, 7) is 4.86. The van der Waals surface area contributed by atoms with Gasteiger partial charge in [0.1, 0.15) is 16.6 Å². The monoisotopic (exact) mass is 504 g/mol. The van der Waals surface area contributed by atoms with E-state index in [9.17, 15) is 13.2 Å². The molecule has 1 aliphatic carbocycles. The van der Waals surface area contributed by atoms with Crippen molar-refractivity contribution in [3.8, 4) is 5.75 Å². The van der Waals surface area contributed by atoms with Gasteiger partial charge in [-0.3, -0.25) is 0 Å². The number of nitrogens with zero attached hydrogens (tertiary/aromatic N) is 5. The van der Waals surface area contributed by atoms with E-state index in [-0.39, 0.29) is 11.7 Å². The number of hydrogen-bond donors (Lipinski definition) is 1. The molecule has 3 atom stereocenters. The number of anilines is 2. The van der Waals surface area contributed by atoms with E-state index in [1.807, 2.05) is 11.6 Å². The average Bonchev–Trinajstić information content (AvgIpc) is 3.48. The molecule has 35 heavy (non-hydrogen) atoms. The van der Waals surface area contributed by atoms with Gasteiger partial charge in [-0.05, 0) is 79.7 Å². The predicted molar refractivity (Wildman–Crippen MR) is 127 cm³/mol. The maximum absolute atomic E-state index is 12.5. The van der Waals surface area contributed by atoms with Crippen molar-refractivity contribution >= 4 is 22.5 Å². The molecule has 2 fully saturated rings. The van der Waals surface area contributed by atoms with Crippen molar-refractivity contribution in [2.24, 2.45) is 11.8 Å².